The van der Waals surface area contributed by atoms with Crippen molar-refractivity contribution in [2.75, 3.05) is 0 Å². The van der Waals surface area contributed by atoms with Crippen LogP contribution in [0.2, 0.25) is 0 Å². The second-order valence-electron chi connectivity index (χ2n) is 6.20. The fraction of sp³-hybridized carbons (Fsp3) is 0.0870. The largest absolute Gasteiger partial charge is 0.340 e. The maximum atomic E-state index is 4.58. The third-order valence-electron chi connectivity index (χ3n) is 4.48. The number of aromatic nitrogens is 2. The zero-order valence-electron chi connectivity index (χ0n) is 14.3. The second-order valence-corrected chi connectivity index (χ2v) is 6.20. The average molecular weight is 324 g/mol. The van der Waals surface area contributed by atoms with Crippen LogP contribution < -0.4 is 0 Å². The van der Waals surface area contributed by atoms with Crippen molar-refractivity contribution in [1.29, 1.82) is 0 Å². The number of benzene rings is 2. The molecule has 0 aliphatic rings. The van der Waals surface area contributed by atoms with Crippen molar-refractivity contribution in [2.45, 2.75) is 13.5 Å². The highest BCUT2D eigenvalue weighted by atomic mass is 15.0. The van der Waals surface area contributed by atoms with E-state index in [2.05, 4.69) is 89.3 Å². The van der Waals surface area contributed by atoms with Gasteiger partial charge in [0.2, 0.25) is 0 Å². The van der Waals surface area contributed by atoms with Crippen molar-refractivity contribution in [2.24, 2.45) is 0 Å². The van der Waals surface area contributed by atoms with E-state index < -0.39 is 0 Å². The number of rotatable bonds is 4. The van der Waals surface area contributed by atoms with Gasteiger partial charge in [-0.2, -0.15) is 0 Å². The molecular formula is C23H20N2. The van der Waals surface area contributed by atoms with Gasteiger partial charge in [0.05, 0.1) is 11.4 Å². The molecule has 0 N–H and O–H groups in total. The monoisotopic (exact) mass is 324 g/mol. The molecule has 0 fully saturated rings. The molecule has 0 radical (unpaired) electrons. The first-order valence-electron chi connectivity index (χ1n) is 8.54. The van der Waals surface area contributed by atoms with Crippen molar-refractivity contribution in [3.63, 3.8) is 0 Å². The standard InChI is InChI=1S/C23H20N2/c1-18-16-21(22-14-8-9-15-24-22)23(20-12-6-3-7-13-20)25(18)17-19-10-4-2-5-11-19/h2-16H,17H2,1H3. The predicted molar refractivity (Wildman–Crippen MR) is 103 cm³/mol. The smallest absolute Gasteiger partial charge is 0.0723 e. The lowest BCUT2D eigenvalue weighted by Gasteiger charge is -2.14. The molecule has 4 aromatic rings. The molecule has 0 aliphatic carbocycles. The minimum Gasteiger partial charge on any atom is -0.340 e. The van der Waals surface area contributed by atoms with Crippen LogP contribution in [0.4, 0.5) is 0 Å². The molecule has 0 atom stereocenters. The van der Waals surface area contributed by atoms with E-state index in [-0.39, 0.29) is 0 Å². The molecule has 0 spiro atoms. The molecule has 0 amide bonds. The third-order valence-corrected chi connectivity index (χ3v) is 4.48. The number of nitrogens with zero attached hydrogens (tertiary/aromatic N) is 2. The lowest BCUT2D eigenvalue weighted by atomic mass is 10.0. The van der Waals surface area contributed by atoms with Crippen LogP contribution in [0.1, 0.15) is 11.3 Å². The van der Waals surface area contributed by atoms with E-state index in [1.165, 1.54) is 28.1 Å². The van der Waals surface area contributed by atoms with E-state index in [1.54, 1.807) is 0 Å². The lowest BCUT2D eigenvalue weighted by molar-refractivity contribution is 0.784. The van der Waals surface area contributed by atoms with Crippen molar-refractivity contribution in [3.8, 4) is 22.5 Å². The topological polar surface area (TPSA) is 17.8 Å². The molecule has 0 unspecified atom stereocenters. The van der Waals surface area contributed by atoms with E-state index in [9.17, 15) is 0 Å². The Balaban J connectivity index is 1.90. The van der Waals surface area contributed by atoms with Crippen molar-refractivity contribution in [1.82, 2.24) is 9.55 Å². The lowest BCUT2D eigenvalue weighted by Crippen LogP contribution is -2.04. The van der Waals surface area contributed by atoms with Crippen LogP contribution in [0, 0.1) is 6.92 Å². The van der Waals surface area contributed by atoms with Gasteiger partial charge in [0, 0.05) is 24.0 Å². The Bertz CT molecular complexity index is 955. The molecule has 0 aliphatic heterocycles. The number of hydrogen-bond donors (Lipinski definition) is 0. The first kappa shape index (κ1) is 15.4. The zero-order chi connectivity index (χ0) is 17.1. The van der Waals surface area contributed by atoms with Crippen LogP contribution in [-0.4, -0.2) is 9.55 Å². The molecule has 2 heteroatoms. The first-order chi connectivity index (χ1) is 12.3. The van der Waals surface area contributed by atoms with Gasteiger partial charge in [0.15, 0.2) is 0 Å². The van der Waals surface area contributed by atoms with Gasteiger partial charge in [-0.05, 0) is 36.2 Å². The molecule has 122 valence electrons. The Morgan fingerprint density at radius 3 is 2.16 bits per heavy atom. The molecule has 0 saturated carbocycles. The molecule has 25 heavy (non-hydrogen) atoms. The molecule has 0 bridgehead atoms. The summed E-state index contributed by atoms with van der Waals surface area (Å²) in [5.74, 6) is 0. The van der Waals surface area contributed by atoms with Gasteiger partial charge in [0.1, 0.15) is 0 Å². The van der Waals surface area contributed by atoms with Gasteiger partial charge in [-0.25, -0.2) is 0 Å². The van der Waals surface area contributed by atoms with E-state index >= 15 is 0 Å². The van der Waals surface area contributed by atoms with Gasteiger partial charge in [-0.1, -0.05) is 66.7 Å². The van der Waals surface area contributed by atoms with Gasteiger partial charge in [0.25, 0.3) is 0 Å². The normalized spacial score (nSPS) is 10.8. The van der Waals surface area contributed by atoms with Gasteiger partial charge < -0.3 is 4.57 Å². The fourth-order valence-electron chi connectivity index (χ4n) is 3.27. The summed E-state index contributed by atoms with van der Waals surface area (Å²) in [7, 11) is 0. The van der Waals surface area contributed by atoms with Crippen molar-refractivity contribution < 1.29 is 0 Å². The molecular weight excluding hydrogens is 304 g/mol. The Morgan fingerprint density at radius 1 is 0.800 bits per heavy atom. The van der Waals surface area contributed by atoms with E-state index in [0.717, 1.165) is 12.2 Å². The maximum absolute atomic E-state index is 4.58. The highest BCUT2D eigenvalue weighted by molar-refractivity contribution is 5.81. The van der Waals surface area contributed by atoms with Crippen LogP contribution in [0.5, 0.6) is 0 Å². The Labute approximate surface area is 148 Å². The summed E-state index contributed by atoms with van der Waals surface area (Å²) >= 11 is 0. The van der Waals surface area contributed by atoms with Crippen LogP contribution in [0.3, 0.4) is 0 Å². The summed E-state index contributed by atoms with van der Waals surface area (Å²) in [4.78, 5) is 4.58. The number of hydrogen-bond acceptors (Lipinski definition) is 1. The summed E-state index contributed by atoms with van der Waals surface area (Å²) in [6.45, 7) is 3.02. The van der Waals surface area contributed by atoms with Crippen LogP contribution in [0.15, 0.2) is 91.1 Å². The summed E-state index contributed by atoms with van der Waals surface area (Å²) in [5, 5.41) is 0. The zero-order valence-corrected chi connectivity index (χ0v) is 14.3. The predicted octanol–water partition coefficient (Wildman–Crippen LogP) is 5.57. The summed E-state index contributed by atoms with van der Waals surface area (Å²) < 4.78 is 2.38. The Kier molecular flexibility index (Phi) is 4.17. The van der Waals surface area contributed by atoms with Crippen LogP contribution in [0.25, 0.3) is 22.5 Å². The second kappa shape index (κ2) is 6.78. The SMILES string of the molecule is Cc1cc(-c2ccccn2)c(-c2ccccc2)n1Cc1ccccc1. The van der Waals surface area contributed by atoms with Crippen molar-refractivity contribution in [3.05, 3.63) is 102 Å². The molecule has 2 aromatic heterocycles. The Hall–Kier alpha value is -3.13. The molecule has 2 heterocycles. The van der Waals surface area contributed by atoms with Crippen LogP contribution in [-0.2, 0) is 6.54 Å². The number of aryl methyl sites for hydroxylation is 1. The number of pyridine rings is 1. The van der Waals surface area contributed by atoms with Gasteiger partial charge >= 0.3 is 0 Å². The van der Waals surface area contributed by atoms with Gasteiger partial charge in [-0.3, -0.25) is 4.98 Å². The minimum atomic E-state index is 0.851. The molecule has 2 aromatic carbocycles. The van der Waals surface area contributed by atoms with E-state index in [0.29, 0.717) is 0 Å². The fourth-order valence-corrected chi connectivity index (χ4v) is 3.27. The quantitative estimate of drug-likeness (QED) is 0.479. The van der Waals surface area contributed by atoms with Crippen molar-refractivity contribution >= 4 is 0 Å². The highest BCUT2D eigenvalue weighted by Gasteiger charge is 2.17. The highest BCUT2D eigenvalue weighted by Crippen LogP contribution is 2.34. The third kappa shape index (κ3) is 3.11. The van der Waals surface area contributed by atoms with E-state index in [4.69, 9.17) is 0 Å². The summed E-state index contributed by atoms with van der Waals surface area (Å²) in [5.41, 5.74) is 7.17. The first-order valence-corrected chi connectivity index (χ1v) is 8.54. The summed E-state index contributed by atoms with van der Waals surface area (Å²) in [6.07, 6.45) is 1.86. The maximum Gasteiger partial charge on any atom is 0.0723 e. The molecule has 0 saturated heterocycles. The van der Waals surface area contributed by atoms with Crippen LogP contribution >= 0.6 is 0 Å². The average Bonchev–Trinajstić information content (AvgIpc) is 3.00. The molecule has 2 nitrogen and oxygen atoms in total. The summed E-state index contributed by atoms with van der Waals surface area (Å²) in [6, 6.07) is 29.5. The minimum absolute atomic E-state index is 0.851. The molecule has 4 rings (SSSR count). The van der Waals surface area contributed by atoms with Gasteiger partial charge in [-0.15, -0.1) is 0 Å². The Morgan fingerprint density at radius 2 is 1.48 bits per heavy atom. The van der Waals surface area contributed by atoms with E-state index in [1.807, 2.05) is 18.3 Å².